The van der Waals surface area contributed by atoms with Crippen LogP contribution in [-0.2, 0) is 0 Å². The summed E-state index contributed by atoms with van der Waals surface area (Å²) >= 11 is 0. The first-order valence-electron chi connectivity index (χ1n) is 4.96. The van der Waals surface area contributed by atoms with Crippen molar-refractivity contribution in [2.75, 3.05) is 14.2 Å². The van der Waals surface area contributed by atoms with E-state index in [4.69, 9.17) is 15.2 Å². The molecule has 0 radical (unpaired) electrons. The maximum atomic E-state index is 12.1. The molecular formula is C12H17NO3. The van der Waals surface area contributed by atoms with Crippen LogP contribution >= 0.6 is 0 Å². The Morgan fingerprint density at radius 1 is 1.25 bits per heavy atom. The Morgan fingerprint density at radius 3 is 2.31 bits per heavy atom. The van der Waals surface area contributed by atoms with E-state index in [1.807, 2.05) is 0 Å². The number of ketones is 1. The summed E-state index contributed by atoms with van der Waals surface area (Å²) in [5, 5.41) is 0. The zero-order chi connectivity index (χ0) is 12.3. The van der Waals surface area contributed by atoms with Gasteiger partial charge in [-0.3, -0.25) is 4.79 Å². The van der Waals surface area contributed by atoms with Crippen molar-refractivity contribution in [2.24, 2.45) is 5.73 Å². The van der Waals surface area contributed by atoms with Crippen LogP contribution in [0.2, 0.25) is 0 Å². The molecule has 0 aliphatic rings. The van der Waals surface area contributed by atoms with Crippen molar-refractivity contribution in [1.29, 1.82) is 0 Å². The lowest BCUT2D eigenvalue weighted by Crippen LogP contribution is -2.41. The van der Waals surface area contributed by atoms with Crippen LogP contribution in [0, 0.1) is 0 Å². The topological polar surface area (TPSA) is 61.5 Å². The SMILES string of the molecule is COc1ccc(OC)c(C(=O)C(C)(C)N)c1. The largest absolute Gasteiger partial charge is 0.497 e. The van der Waals surface area contributed by atoms with Crippen LogP contribution in [0.25, 0.3) is 0 Å². The Labute approximate surface area is 95.3 Å². The lowest BCUT2D eigenvalue weighted by atomic mass is 9.93. The fraction of sp³-hybridized carbons (Fsp3) is 0.417. The van der Waals surface area contributed by atoms with E-state index in [-0.39, 0.29) is 5.78 Å². The second-order valence-corrected chi connectivity index (χ2v) is 4.12. The first-order valence-corrected chi connectivity index (χ1v) is 4.96. The lowest BCUT2D eigenvalue weighted by Gasteiger charge is -2.19. The number of carbonyl (C=O) groups excluding carboxylic acids is 1. The van der Waals surface area contributed by atoms with Gasteiger partial charge in [0.05, 0.1) is 25.3 Å². The van der Waals surface area contributed by atoms with E-state index >= 15 is 0 Å². The molecule has 0 saturated carbocycles. The lowest BCUT2D eigenvalue weighted by molar-refractivity contribution is 0.0910. The summed E-state index contributed by atoms with van der Waals surface area (Å²) < 4.78 is 10.2. The summed E-state index contributed by atoms with van der Waals surface area (Å²) in [7, 11) is 3.06. The molecule has 0 aromatic heterocycles. The molecule has 0 spiro atoms. The van der Waals surface area contributed by atoms with Crippen molar-refractivity contribution in [1.82, 2.24) is 0 Å². The number of ether oxygens (including phenoxy) is 2. The summed E-state index contributed by atoms with van der Waals surface area (Å²) in [5.41, 5.74) is 5.29. The van der Waals surface area contributed by atoms with E-state index in [0.29, 0.717) is 17.1 Å². The summed E-state index contributed by atoms with van der Waals surface area (Å²) in [6, 6.07) is 5.06. The van der Waals surface area contributed by atoms with E-state index in [1.165, 1.54) is 7.11 Å². The highest BCUT2D eigenvalue weighted by Crippen LogP contribution is 2.26. The van der Waals surface area contributed by atoms with Gasteiger partial charge < -0.3 is 15.2 Å². The molecule has 0 bridgehead atoms. The Morgan fingerprint density at radius 2 is 1.88 bits per heavy atom. The van der Waals surface area contributed by atoms with Crippen molar-refractivity contribution in [3.63, 3.8) is 0 Å². The van der Waals surface area contributed by atoms with Gasteiger partial charge in [0.15, 0.2) is 5.78 Å². The Balaban J connectivity index is 3.24. The van der Waals surface area contributed by atoms with E-state index in [9.17, 15) is 4.79 Å². The number of carbonyl (C=O) groups is 1. The monoisotopic (exact) mass is 223 g/mol. The van der Waals surface area contributed by atoms with Crippen molar-refractivity contribution >= 4 is 5.78 Å². The van der Waals surface area contributed by atoms with Crippen molar-refractivity contribution < 1.29 is 14.3 Å². The van der Waals surface area contributed by atoms with Gasteiger partial charge >= 0.3 is 0 Å². The third kappa shape index (κ3) is 2.52. The number of hydrogen-bond acceptors (Lipinski definition) is 4. The Kier molecular flexibility index (Phi) is 3.55. The molecule has 0 aliphatic carbocycles. The van der Waals surface area contributed by atoms with Crippen molar-refractivity contribution in [3.05, 3.63) is 23.8 Å². The number of benzene rings is 1. The first kappa shape index (κ1) is 12.5. The summed E-state index contributed by atoms with van der Waals surface area (Å²) in [5.74, 6) is 0.931. The number of hydrogen-bond donors (Lipinski definition) is 1. The van der Waals surface area contributed by atoms with Gasteiger partial charge in [0.2, 0.25) is 0 Å². The molecule has 1 aromatic carbocycles. The van der Waals surface area contributed by atoms with Gasteiger partial charge in [-0.25, -0.2) is 0 Å². The quantitative estimate of drug-likeness (QED) is 0.788. The third-order valence-corrected chi connectivity index (χ3v) is 2.24. The van der Waals surface area contributed by atoms with Crippen LogP contribution in [0.5, 0.6) is 11.5 Å². The molecule has 0 unspecified atom stereocenters. The van der Waals surface area contributed by atoms with Gasteiger partial charge in [-0.2, -0.15) is 0 Å². The second-order valence-electron chi connectivity index (χ2n) is 4.12. The first-order chi connectivity index (χ1) is 7.40. The van der Waals surface area contributed by atoms with Gasteiger partial charge in [-0.15, -0.1) is 0 Å². The fourth-order valence-electron chi connectivity index (χ4n) is 1.34. The van der Waals surface area contributed by atoms with Gasteiger partial charge in [0, 0.05) is 0 Å². The molecule has 0 amide bonds. The predicted octanol–water partition coefficient (Wildman–Crippen LogP) is 1.62. The third-order valence-electron chi connectivity index (χ3n) is 2.24. The summed E-state index contributed by atoms with van der Waals surface area (Å²) in [6.07, 6.45) is 0. The summed E-state index contributed by atoms with van der Waals surface area (Å²) in [6.45, 7) is 3.32. The number of methoxy groups -OCH3 is 2. The minimum absolute atomic E-state index is 0.178. The standard InChI is InChI=1S/C12H17NO3/c1-12(2,13)11(14)9-7-8(15-3)5-6-10(9)16-4/h5-7H,13H2,1-4H3. The van der Waals surface area contributed by atoms with Gasteiger partial charge in [0.1, 0.15) is 11.5 Å². The highest BCUT2D eigenvalue weighted by Gasteiger charge is 2.26. The molecule has 4 nitrogen and oxygen atoms in total. The molecule has 2 N–H and O–H groups in total. The molecule has 88 valence electrons. The maximum Gasteiger partial charge on any atom is 0.185 e. The van der Waals surface area contributed by atoms with Gasteiger partial charge in [-0.05, 0) is 32.0 Å². The number of nitrogens with two attached hydrogens (primary N) is 1. The predicted molar refractivity (Wildman–Crippen MR) is 62.1 cm³/mol. The number of Topliss-reactive ketones (excluding diaryl/α,β-unsaturated/α-hetero) is 1. The van der Waals surface area contributed by atoms with Crippen LogP contribution in [-0.4, -0.2) is 25.5 Å². The molecule has 0 saturated heterocycles. The molecule has 0 atom stereocenters. The molecular weight excluding hydrogens is 206 g/mol. The van der Waals surface area contributed by atoms with Crippen molar-refractivity contribution in [2.45, 2.75) is 19.4 Å². The zero-order valence-electron chi connectivity index (χ0n) is 10.0. The maximum absolute atomic E-state index is 12.1. The van der Waals surface area contributed by atoms with E-state index in [0.717, 1.165) is 0 Å². The molecule has 16 heavy (non-hydrogen) atoms. The van der Waals surface area contributed by atoms with E-state index in [2.05, 4.69) is 0 Å². The summed E-state index contributed by atoms with van der Waals surface area (Å²) in [4.78, 5) is 12.1. The molecule has 0 aliphatic heterocycles. The van der Waals surface area contributed by atoms with Gasteiger partial charge in [0.25, 0.3) is 0 Å². The van der Waals surface area contributed by atoms with E-state index in [1.54, 1.807) is 39.2 Å². The van der Waals surface area contributed by atoms with Crippen LogP contribution in [0.1, 0.15) is 24.2 Å². The average Bonchev–Trinajstić information content (AvgIpc) is 2.25. The van der Waals surface area contributed by atoms with E-state index < -0.39 is 5.54 Å². The molecule has 0 fully saturated rings. The van der Waals surface area contributed by atoms with Crippen LogP contribution in [0.3, 0.4) is 0 Å². The highest BCUT2D eigenvalue weighted by atomic mass is 16.5. The smallest absolute Gasteiger partial charge is 0.185 e. The van der Waals surface area contributed by atoms with Crippen molar-refractivity contribution in [3.8, 4) is 11.5 Å². The molecule has 1 aromatic rings. The van der Waals surface area contributed by atoms with Crippen LogP contribution in [0.15, 0.2) is 18.2 Å². The molecule has 1 rings (SSSR count). The highest BCUT2D eigenvalue weighted by molar-refractivity contribution is 6.04. The van der Waals surface area contributed by atoms with Gasteiger partial charge in [-0.1, -0.05) is 0 Å². The number of rotatable bonds is 4. The average molecular weight is 223 g/mol. The Hall–Kier alpha value is -1.55. The minimum Gasteiger partial charge on any atom is -0.497 e. The molecule has 4 heteroatoms. The normalized spacial score (nSPS) is 11.1. The zero-order valence-corrected chi connectivity index (χ0v) is 10.0. The fourth-order valence-corrected chi connectivity index (χ4v) is 1.34. The minimum atomic E-state index is -0.931. The second kappa shape index (κ2) is 4.53. The van der Waals surface area contributed by atoms with Crippen LogP contribution in [0.4, 0.5) is 0 Å². The Bertz CT molecular complexity index is 394. The molecule has 0 heterocycles. The van der Waals surface area contributed by atoms with Crippen LogP contribution < -0.4 is 15.2 Å².